The Labute approximate surface area is 91.7 Å². The van der Waals surface area contributed by atoms with Crippen LogP contribution in [0.1, 0.15) is 20.3 Å². The van der Waals surface area contributed by atoms with E-state index in [1.165, 1.54) is 11.1 Å². The monoisotopic (exact) mass is 221 g/mol. The Balaban J connectivity index is 1.91. The number of hydrogen-bond acceptors (Lipinski definition) is 3. The summed E-state index contributed by atoms with van der Waals surface area (Å²) in [6.45, 7) is 2.60. The SMILES string of the molecule is Cc1ccc(CNC(=O)c2ccco2)s1. The van der Waals surface area contributed by atoms with Crippen LogP contribution in [0.25, 0.3) is 0 Å². The van der Waals surface area contributed by atoms with Gasteiger partial charge >= 0.3 is 0 Å². The average Bonchev–Trinajstić information content (AvgIpc) is 2.84. The molecule has 0 radical (unpaired) electrons. The minimum atomic E-state index is -0.175. The van der Waals surface area contributed by atoms with Crippen LogP contribution < -0.4 is 5.32 Å². The van der Waals surface area contributed by atoms with Crippen LogP contribution in [0.2, 0.25) is 0 Å². The molecule has 0 saturated heterocycles. The van der Waals surface area contributed by atoms with Gasteiger partial charge in [0.1, 0.15) is 0 Å². The number of thiophene rings is 1. The van der Waals surface area contributed by atoms with Gasteiger partial charge in [-0.1, -0.05) is 0 Å². The van der Waals surface area contributed by atoms with Crippen LogP contribution in [-0.4, -0.2) is 5.91 Å². The quantitative estimate of drug-likeness (QED) is 0.865. The molecule has 2 aromatic heterocycles. The molecule has 2 rings (SSSR count). The van der Waals surface area contributed by atoms with Crippen molar-refractivity contribution in [1.82, 2.24) is 5.32 Å². The fourth-order valence-corrected chi connectivity index (χ4v) is 2.07. The topological polar surface area (TPSA) is 42.2 Å². The zero-order chi connectivity index (χ0) is 10.7. The third-order valence-electron chi connectivity index (χ3n) is 1.96. The summed E-state index contributed by atoms with van der Waals surface area (Å²) in [5, 5.41) is 2.79. The zero-order valence-corrected chi connectivity index (χ0v) is 9.14. The van der Waals surface area contributed by atoms with E-state index in [-0.39, 0.29) is 5.91 Å². The van der Waals surface area contributed by atoms with Gasteiger partial charge in [-0.15, -0.1) is 11.3 Å². The third-order valence-corrected chi connectivity index (χ3v) is 2.96. The first kappa shape index (κ1) is 9.98. The molecular formula is C11H11NO2S. The lowest BCUT2D eigenvalue weighted by Gasteiger charge is -1.99. The van der Waals surface area contributed by atoms with Gasteiger partial charge in [-0.25, -0.2) is 0 Å². The highest BCUT2D eigenvalue weighted by Gasteiger charge is 2.07. The first-order valence-electron chi connectivity index (χ1n) is 4.63. The van der Waals surface area contributed by atoms with Gasteiger partial charge in [0.2, 0.25) is 0 Å². The molecule has 0 aliphatic carbocycles. The molecule has 0 aliphatic heterocycles. The molecule has 0 aromatic carbocycles. The van der Waals surface area contributed by atoms with E-state index in [1.54, 1.807) is 23.5 Å². The highest BCUT2D eigenvalue weighted by atomic mass is 32.1. The lowest BCUT2D eigenvalue weighted by molar-refractivity contribution is 0.0923. The van der Waals surface area contributed by atoms with Gasteiger partial charge in [-0.2, -0.15) is 0 Å². The molecule has 2 aromatic rings. The largest absolute Gasteiger partial charge is 0.459 e. The maximum Gasteiger partial charge on any atom is 0.287 e. The standard InChI is InChI=1S/C11H11NO2S/c1-8-4-5-9(15-8)7-12-11(13)10-3-2-6-14-10/h2-6H,7H2,1H3,(H,12,13). The molecule has 1 amide bonds. The highest BCUT2D eigenvalue weighted by molar-refractivity contribution is 7.11. The minimum absolute atomic E-state index is 0.175. The van der Waals surface area contributed by atoms with Crippen LogP contribution in [-0.2, 0) is 6.54 Å². The van der Waals surface area contributed by atoms with E-state index in [4.69, 9.17) is 4.42 Å². The molecule has 78 valence electrons. The first-order valence-corrected chi connectivity index (χ1v) is 5.44. The van der Waals surface area contributed by atoms with Crippen LogP contribution in [0, 0.1) is 6.92 Å². The maximum absolute atomic E-state index is 11.5. The molecule has 1 N–H and O–H groups in total. The Kier molecular flexibility index (Phi) is 2.87. The van der Waals surface area contributed by atoms with Gasteiger partial charge in [0.25, 0.3) is 5.91 Å². The number of amides is 1. The summed E-state index contributed by atoms with van der Waals surface area (Å²) in [6, 6.07) is 7.40. The van der Waals surface area contributed by atoms with Gasteiger partial charge in [0.15, 0.2) is 5.76 Å². The summed E-state index contributed by atoms with van der Waals surface area (Å²) in [5.74, 6) is 0.175. The summed E-state index contributed by atoms with van der Waals surface area (Å²) in [6.07, 6.45) is 1.49. The van der Waals surface area contributed by atoms with E-state index in [9.17, 15) is 4.79 Å². The second-order valence-corrected chi connectivity index (χ2v) is 4.54. The molecule has 15 heavy (non-hydrogen) atoms. The Bertz CT molecular complexity index is 445. The van der Waals surface area contributed by atoms with Crippen molar-refractivity contribution >= 4 is 17.2 Å². The Morgan fingerprint density at radius 1 is 1.47 bits per heavy atom. The number of carbonyl (C=O) groups excluding carboxylic acids is 1. The molecule has 0 spiro atoms. The van der Waals surface area contributed by atoms with Crippen molar-refractivity contribution in [3.8, 4) is 0 Å². The van der Waals surface area contributed by atoms with E-state index < -0.39 is 0 Å². The summed E-state index contributed by atoms with van der Waals surface area (Å²) in [4.78, 5) is 13.9. The lowest BCUT2D eigenvalue weighted by Crippen LogP contribution is -2.21. The van der Waals surface area contributed by atoms with E-state index in [2.05, 4.69) is 5.32 Å². The average molecular weight is 221 g/mol. The molecule has 4 heteroatoms. The van der Waals surface area contributed by atoms with Crippen molar-refractivity contribution in [3.63, 3.8) is 0 Å². The molecule has 0 unspecified atom stereocenters. The van der Waals surface area contributed by atoms with Crippen LogP contribution in [0.4, 0.5) is 0 Å². The van der Waals surface area contributed by atoms with Crippen LogP contribution >= 0.6 is 11.3 Å². The predicted octanol–water partition coefficient (Wildman–Crippen LogP) is 2.58. The fourth-order valence-electron chi connectivity index (χ4n) is 1.24. The molecular weight excluding hydrogens is 210 g/mol. The number of hydrogen-bond donors (Lipinski definition) is 1. The lowest BCUT2D eigenvalue weighted by atomic mass is 10.4. The van der Waals surface area contributed by atoms with Crippen LogP contribution in [0.3, 0.4) is 0 Å². The van der Waals surface area contributed by atoms with Gasteiger partial charge in [0.05, 0.1) is 12.8 Å². The molecule has 3 nitrogen and oxygen atoms in total. The fraction of sp³-hybridized carbons (Fsp3) is 0.182. The summed E-state index contributed by atoms with van der Waals surface area (Å²) in [7, 11) is 0. The second kappa shape index (κ2) is 4.31. The highest BCUT2D eigenvalue weighted by Crippen LogP contribution is 2.14. The molecule has 0 atom stereocenters. The molecule has 0 fully saturated rings. The van der Waals surface area contributed by atoms with Crippen molar-refractivity contribution in [1.29, 1.82) is 0 Å². The van der Waals surface area contributed by atoms with Gasteiger partial charge in [0, 0.05) is 9.75 Å². The number of rotatable bonds is 3. The van der Waals surface area contributed by atoms with Crippen LogP contribution in [0.5, 0.6) is 0 Å². The summed E-state index contributed by atoms with van der Waals surface area (Å²) < 4.78 is 4.98. The number of carbonyl (C=O) groups is 1. The molecule has 0 aliphatic rings. The van der Waals surface area contributed by atoms with Crippen molar-refractivity contribution in [2.24, 2.45) is 0 Å². The van der Waals surface area contributed by atoms with E-state index in [1.807, 2.05) is 19.1 Å². The Hall–Kier alpha value is -1.55. The molecule has 0 bridgehead atoms. The number of aryl methyl sites for hydroxylation is 1. The van der Waals surface area contributed by atoms with Crippen molar-refractivity contribution in [2.75, 3.05) is 0 Å². The van der Waals surface area contributed by atoms with E-state index >= 15 is 0 Å². The third kappa shape index (κ3) is 2.47. The summed E-state index contributed by atoms with van der Waals surface area (Å²) >= 11 is 1.68. The van der Waals surface area contributed by atoms with E-state index in [0.29, 0.717) is 12.3 Å². The molecule has 0 saturated carbocycles. The van der Waals surface area contributed by atoms with Crippen molar-refractivity contribution in [3.05, 3.63) is 46.0 Å². The zero-order valence-electron chi connectivity index (χ0n) is 8.32. The smallest absolute Gasteiger partial charge is 0.287 e. The second-order valence-electron chi connectivity index (χ2n) is 3.17. The minimum Gasteiger partial charge on any atom is -0.459 e. The van der Waals surface area contributed by atoms with Crippen molar-refractivity contribution in [2.45, 2.75) is 13.5 Å². The maximum atomic E-state index is 11.5. The first-order chi connectivity index (χ1) is 7.25. The Morgan fingerprint density at radius 3 is 2.93 bits per heavy atom. The predicted molar refractivity (Wildman–Crippen MR) is 58.9 cm³/mol. The number of nitrogens with one attached hydrogen (secondary N) is 1. The van der Waals surface area contributed by atoms with Gasteiger partial charge in [-0.05, 0) is 31.2 Å². The molecule has 2 heterocycles. The normalized spacial score (nSPS) is 10.2. The summed E-state index contributed by atoms with van der Waals surface area (Å²) in [5.41, 5.74) is 0. The van der Waals surface area contributed by atoms with Gasteiger partial charge in [-0.3, -0.25) is 4.79 Å². The van der Waals surface area contributed by atoms with E-state index in [0.717, 1.165) is 4.88 Å². The Morgan fingerprint density at radius 2 is 2.33 bits per heavy atom. The van der Waals surface area contributed by atoms with Crippen molar-refractivity contribution < 1.29 is 9.21 Å². The number of furan rings is 1. The van der Waals surface area contributed by atoms with Crippen LogP contribution in [0.15, 0.2) is 34.9 Å². The van der Waals surface area contributed by atoms with Gasteiger partial charge < -0.3 is 9.73 Å².